The Morgan fingerprint density at radius 3 is 2.76 bits per heavy atom. The van der Waals surface area contributed by atoms with E-state index in [1.54, 1.807) is 18.3 Å². The summed E-state index contributed by atoms with van der Waals surface area (Å²) in [7, 11) is 0. The summed E-state index contributed by atoms with van der Waals surface area (Å²) in [6.07, 6.45) is 2.68. The average Bonchev–Trinajstić information content (AvgIpc) is 2.66. The fraction of sp³-hybridized carbons (Fsp3) is 0.385. The van der Waals surface area contributed by atoms with Gasteiger partial charge >= 0.3 is 5.97 Å². The SMILES string of the molecule is CCc1c(C(C)C)nc2cc(C(=O)O)ccn12. The van der Waals surface area contributed by atoms with Crippen LogP contribution in [0.15, 0.2) is 18.3 Å². The molecule has 0 saturated heterocycles. The quantitative estimate of drug-likeness (QED) is 0.885. The molecule has 0 radical (unpaired) electrons. The zero-order valence-corrected chi connectivity index (χ0v) is 10.3. The number of carbonyl (C=O) groups is 1. The lowest BCUT2D eigenvalue weighted by atomic mass is 10.1. The molecule has 2 rings (SSSR count). The molecule has 4 heteroatoms. The van der Waals surface area contributed by atoms with Crippen LogP contribution in [0.25, 0.3) is 5.65 Å². The highest BCUT2D eigenvalue weighted by molar-refractivity contribution is 5.88. The van der Waals surface area contributed by atoms with Crippen LogP contribution in [-0.2, 0) is 6.42 Å². The predicted octanol–water partition coefficient (Wildman–Crippen LogP) is 2.72. The summed E-state index contributed by atoms with van der Waals surface area (Å²) in [5.74, 6) is -0.572. The van der Waals surface area contributed by atoms with Gasteiger partial charge in [-0.1, -0.05) is 20.8 Å². The molecule has 0 aromatic carbocycles. The Balaban J connectivity index is 2.68. The molecule has 0 spiro atoms. The van der Waals surface area contributed by atoms with Crippen molar-refractivity contribution in [2.75, 3.05) is 0 Å². The first-order valence-corrected chi connectivity index (χ1v) is 5.78. The largest absolute Gasteiger partial charge is 0.478 e. The first kappa shape index (κ1) is 11.6. The van der Waals surface area contributed by atoms with Crippen LogP contribution in [0.3, 0.4) is 0 Å². The normalized spacial score (nSPS) is 11.3. The number of aromatic nitrogens is 2. The topological polar surface area (TPSA) is 54.6 Å². The van der Waals surface area contributed by atoms with E-state index in [0.29, 0.717) is 11.6 Å². The summed E-state index contributed by atoms with van der Waals surface area (Å²) in [6.45, 7) is 6.28. The van der Waals surface area contributed by atoms with E-state index in [1.807, 2.05) is 4.40 Å². The molecule has 0 aliphatic carbocycles. The van der Waals surface area contributed by atoms with Crippen molar-refractivity contribution in [3.05, 3.63) is 35.3 Å². The van der Waals surface area contributed by atoms with Crippen molar-refractivity contribution in [2.45, 2.75) is 33.1 Å². The molecule has 0 saturated carbocycles. The number of imidazole rings is 1. The van der Waals surface area contributed by atoms with Crippen molar-refractivity contribution in [2.24, 2.45) is 0 Å². The van der Waals surface area contributed by atoms with E-state index in [9.17, 15) is 4.79 Å². The van der Waals surface area contributed by atoms with Gasteiger partial charge in [0, 0.05) is 11.9 Å². The van der Waals surface area contributed by atoms with Crippen molar-refractivity contribution in [1.82, 2.24) is 9.38 Å². The third-order valence-corrected chi connectivity index (χ3v) is 2.88. The molecular formula is C13H16N2O2. The molecule has 90 valence electrons. The lowest BCUT2D eigenvalue weighted by Crippen LogP contribution is -1.99. The third kappa shape index (κ3) is 1.90. The molecule has 1 N–H and O–H groups in total. The first-order valence-electron chi connectivity index (χ1n) is 5.78. The number of aryl methyl sites for hydroxylation is 1. The van der Waals surface area contributed by atoms with Crippen LogP contribution in [0.4, 0.5) is 0 Å². The van der Waals surface area contributed by atoms with Gasteiger partial charge in [0.25, 0.3) is 0 Å². The monoisotopic (exact) mass is 232 g/mol. The highest BCUT2D eigenvalue weighted by atomic mass is 16.4. The maximum absolute atomic E-state index is 10.9. The van der Waals surface area contributed by atoms with Gasteiger partial charge in [-0.05, 0) is 24.5 Å². The Labute approximate surface area is 99.9 Å². The minimum atomic E-state index is -0.917. The number of nitrogens with zero attached hydrogens (tertiary/aromatic N) is 2. The molecular weight excluding hydrogens is 216 g/mol. The zero-order valence-electron chi connectivity index (χ0n) is 10.3. The molecule has 0 unspecified atom stereocenters. The number of hydrogen-bond acceptors (Lipinski definition) is 2. The smallest absolute Gasteiger partial charge is 0.335 e. The van der Waals surface area contributed by atoms with E-state index in [1.165, 1.54) is 0 Å². The van der Waals surface area contributed by atoms with Crippen molar-refractivity contribution in [1.29, 1.82) is 0 Å². The second-order valence-electron chi connectivity index (χ2n) is 4.40. The molecule has 0 bridgehead atoms. The molecule has 0 amide bonds. The summed E-state index contributed by atoms with van der Waals surface area (Å²) >= 11 is 0. The number of rotatable bonds is 3. The maximum Gasteiger partial charge on any atom is 0.335 e. The van der Waals surface area contributed by atoms with Gasteiger partial charge in [0.2, 0.25) is 0 Å². The van der Waals surface area contributed by atoms with Gasteiger partial charge in [-0.2, -0.15) is 0 Å². The number of pyridine rings is 1. The van der Waals surface area contributed by atoms with Gasteiger partial charge in [0.05, 0.1) is 11.3 Å². The fourth-order valence-electron chi connectivity index (χ4n) is 2.06. The van der Waals surface area contributed by atoms with Crippen LogP contribution in [0.1, 0.15) is 48.4 Å². The second kappa shape index (κ2) is 4.20. The van der Waals surface area contributed by atoms with E-state index in [2.05, 4.69) is 25.8 Å². The van der Waals surface area contributed by atoms with Crippen LogP contribution in [0, 0.1) is 0 Å². The van der Waals surface area contributed by atoms with Crippen LogP contribution >= 0.6 is 0 Å². The van der Waals surface area contributed by atoms with E-state index < -0.39 is 5.97 Å². The van der Waals surface area contributed by atoms with Crippen molar-refractivity contribution < 1.29 is 9.90 Å². The number of fused-ring (bicyclic) bond motifs is 1. The lowest BCUT2D eigenvalue weighted by Gasteiger charge is -2.04. The van der Waals surface area contributed by atoms with E-state index in [0.717, 1.165) is 17.8 Å². The van der Waals surface area contributed by atoms with E-state index in [4.69, 9.17) is 5.11 Å². The Kier molecular flexibility index (Phi) is 2.88. The number of aromatic carboxylic acids is 1. The maximum atomic E-state index is 10.9. The Morgan fingerprint density at radius 2 is 2.24 bits per heavy atom. The van der Waals surface area contributed by atoms with E-state index in [-0.39, 0.29) is 5.56 Å². The Hall–Kier alpha value is -1.84. The fourth-order valence-corrected chi connectivity index (χ4v) is 2.06. The van der Waals surface area contributed by atoms with Gasteiger partial charge < -0.3 is 9.51 Å². The Morgan fingerprint density at radius 1 is 1.53 bits per heavy atom. The van der Waals surface area contributed by atoms with Crippen molar-refractivity contribution in [3.8, 4) is 0 Å². The molecule has 2 heterocycles. The Bertz CT molecular complexity index is 570. The van der Waals surface area contributed by atoms with Crippen LogP contribution in [-0.4, -0.2) is 20.5 Å². The zero-order chi connectivity index (χ0) is 12.6. The standard InChI is InChI=1S/C13H16N2O2/c1-4-10-12(8(2)3)14-11-7-9(13(16)17)5-6-15(10)11/h5-8H,4H2,1-3H3,(H,16,17). The van der Waals surface area contributed by atoms with Gasteiger partial charge in [-0.15, -0.1) is 0 Å². The minimum absolute atomic E-state index is 0.278. The second-order valence-corrected chi connectivity index (χ2v) is 4.40. The highest BCUT2D eigenvalue weighted by Crippen LogP contribution is 2.21. The molecule has 2 aromatic heterocycles. The van der Waals surface area contributed by atoms with E-state index >= 15 is 0 Å². The molecule has 2 aromatic rings. The van der Waals surface area contributed by atoms with Gasteiger partial charge in [0.1, 0.15) is 5.65 Å². The third-order valence-electron chi connectivity index (χ3n) is 2.88. The van der Waals surface area contributed by atoms with Crippen LogP contribution < -0.4 is 0 Å². The summed E-state index contributed by atoms with van der Waals surface area (Å²) < 4.78 is 1.97. The summed E-state index contributed by atoms with van der Waals surface area (Å²) in [5.41, 5.74) is 3.20. The molecule has 17 heavy (non-hydrogen) atoms. The van der Waals surface area contributed by atoms with Gasteiger partial charge in [-0.25, -0.2) is 9.78 Å². The molecule has 0 atom stereocenters. The molecule has 0 aliphatic heterocycles. The van der Waals surface area contributed by atoms with Crippen LogP contribution in [0.5, 0.6) is 0 Å². The summed E-state index contributed by atoms with van der Waals surface area (Å²) in [5, 5.41) is 8.95. The number of hydrogen-bond donors (Lipinski definition) is 1. The molecule has 0 aliphatic rings. The summed E-state index contributed by atoms with van der Waals surface area (Å²) in [6, 6.07) is 3.23. The number of carboxylic acid groups (broad SMARTS) is 1. The van der Waals surface area contributed by atoms with Crippen molar-refractivity contribution in [3.63, 3.8) is 0 Å². The van der Waals surface area contributed by atoms with Gasteiger partial charge in [0.15, 0.2) is 0 Å². The van der Waals surface area contributed by atoms with Crippen LogP contribution in [0.2, 0.25) is 0 Å². The predicted molar refractivity (Wildman–Crippen MR) is 65.6 cm³/mol. The summed E-state index contributed by atoms with van der Waals surface area (Å²) in [4.78, 5) is 15.4. The average molecular weight is 232 g/mol. The molecule has 0 fully saturated rings. The first-order chi connectivity index (χ1) is 8.04. The molecule has 4 nitrogen and oxygen atoms in total. The lowest BCUT2D eigenvalue weighted by molar-refractivity contribution is 0.0697. The highest BCUT2D eigenvalue weighted by Gasteiger charge is 2.14. The van der Waals surface area contributed by atoms with Gasteiger partial charge in [-0.3, -0.25) is 0 Å². The number of carboxylic acids is 1. The van der Waals surface area contributed by atoms with Crippen molar-refractivity contribution >= 4 is 11.6 Å². The minimum Gasteiger partial charge on any atom is -0.478 e.